The molecule has 21 heavy (non-hydrogen) atoms. The molecule has 0 bridgehead atoms. The molecule has 3 aromatic rings. The number of imidazole rings is 1. The summed E-state index contributed by atoms with van der Waals surface area (Å²) < 4.78 is 15.6. The summed E-state index contributed by atoms with van der Waals surface area (Å²) in [5.74, 6) is -0.204. The van der Waals surface area contributed by atoms with E-state index < -0.39 is 0 Å². The van der Waals surface area contributed by atoms with Gasteiger partial charge in [0.2, 0.25) is 0 Å². The van der Waals surface area contributed by atoms with E-state index in [2.05, 4.69) is 17.2 Å². The van der Waals surface area contributed by atoms with Crippen molar-refractivity contribution in [1.82, 2.24) is 14.7 Å². The van der Waals surface area contributed by atoms with E-state index in [9.17, 15) is 4.39 Å². The van der Waals surface area contributed by atoms with Gasteiger partial charge in [-0.2, -0.15) is 0 Å². The second-order valence-corrected chi connectivity index (χ2v) is 5.04. The smallest absolute Gasteiger partial charge is 0.137 e. The molecule has 0 amide bonds. The van der Waals surface area contributed by atoms with Crippen molar-refractivity contribution in [3.05, 3.63) is 60.2 Å². The van der Waals surface area contributed by atoms with Crippen LogP contribution in [0.3, 0.4) is 0 Å². The van der Waals surface area contributed by atoms with E-state index in [1.54, 1.807) is 12.3 Å². The molecule has 1 N–H and O–H groups in total. The van der Waals surface area contributed by atoms with Crippen molar-refractivity contribution in [3.63, 3.8) is 0 Å². The van der Waals surface area contributed by atoms with Gasteiger partial charge in [-0.1, -0.05) is 13.0 Å². The first-order chi connectivity index (χ1) is 10.3. The molecule has 2 aromatic heterocycles. The molecule has 0 fully saturated rings. The third-order valence-electron chi connectivity index (χ3n) is 3.51. The molecule has 0 saturated carbocycles. The van der Waals surface area contributed by atoms with Gasteiger partial charge in [-0.05, 0) is 48.9 Å². The zero-order chi connectivity index (χ0) is 14.7. The highest BCUT2D eigenvalue weighted by atomic mass is 19.1. The zero-order valence-electron chi connectivity index (χ0n) is 12.0. The quantitative estimate of drug-likeness (QED) is 0.724. The van der Waals surface area contributed by atoms with Crippen molar-refractivity contribution in [2.24, 2.45) is 0 Å². The number of hydrogen-bond acceptors (Lipinski definition) is 2. The van der Waals surface area contributed by atoms with E-state index >= 15 is 0 Å². The fourth-order valence-electron chi connectivity index (χ4n) is 2.53. The maximum Gasteiger partial charge on any atom is 0.137 e. The maximum absolute atomic E-state index is 13.6. The predicted molar refractivity (Wildman–Crippen MR) is 82.6 cm³/mol. The Morgan fingerprint density at radius 1 is 1.24 bits per heavy atom. The van der Waals surface area contributed by atoms with Gasteiger partial charge in [0.05, 0.1) is 5.69 Å². The summed E-state index contributed by atoms with van der Waals surface area (Å²) in [6.45, 7) is 3.70. The summed E-state index contributed by atoms with van der Waals surface area (Å²) in [7, 11) is 0. The number of hydrogen-bond donors (Lipinski definition) is 1. The lowest BCUT2D eigenvalue weighted by Crippen LogP contribution is -2.15. The van der Waals surface area contributed by atoms with Crippen molar-refractivity contribution in [1.29, 1.82) is 0 Å². The van der Waals surface area contributed by atoms with Crippen LogP contribution in [0.2, 0.25) is 0 Å². The second-order valence-electron chi connectivity index (χ2n) is 5.04. The lowest BCUT2D eigenvalue weighted by Gasteiger charge is -2.12. The number of nitrogens with zero attached hydrogens (tertiary/aromatic N) is 2. The number of aromatic nitrogens is 2. The van der Waals surface area contributed by atoms with Crippen molar-refractivity contribution < 1.29 is 4.39 Å². The first-order valence-electron chi connectivity index (χ1n) is 7.21. The largest absolute Gasteiger partial charge is 0.313 e. The van der Waals surface area contributed by atoms with Gasteiger partial charge in [-0.25, -0.2) is 9.37 Å². The number of halogens is 1. The third-order valence-corrected chi connectivity index (χ3v) is 3.51. The first-order valence-corrected chi connectivity index (χ1v) is 7.21. The average molecular weight is 283 g/mol. The predicted octanol–water partition coefficient (Wildman–Crippen LogP) is 3.64. The first kappa shape index (κ1) is 13.8. The molecule has 0 unspecified atom stereocenters. The molecule has 0 radical (unpaired) electrons. The van der Waals surface area contributed by atoms with Crippen LogP contribution in [0.25, 0.3) is 16.9 Å². The molecule has 3 nitrogen and oxygen atoms in total. The molecular formula is C17H18FN3. The topological polar surface area (TPSA) is 29.3 Å². The Hall–Kier alpha value is -2.20. The molecule has 0 atom stereocenters. The van der Waals surface area contributed by atoms with Crippen LogP contribution < -0.4 is 5.32 Å². The van der Waals surface area contributed by atoms with Crippen LogP contribution in [-0.4, -0.2) is 15.9 Å². The number of rotatable bonds is 5. The normalized spacial score (nSPS) is 11.1. The summed E-state index contributed by atoms with van der Waals surface area (Å²) in [5.41, 5.74) is 3.91. The molecular weight excluding hydrogens is 265 g/mol. The SMILES string of the molecule is CCCNCc1cc(F)ccc1-c1cccc2nccn12. The molecule has 3 rings (SSSR count). The minimum absolute atomic E-state index is 0.204. The summed E-state index contributed by atoms with van der Waals surface area (Å²) in [5, 5.41) is 3.34. The zero-order valence-corrected chi connectivity index (χ0v) is 12.0. The van der Waals surface area contributed by atoms with Gasteiger partial charge in [-0.3, -0.25) is 4.40 Å². The van der Waals surface area contributed by atoms with Gasteiger partial charge in [0.25, 0.3) is 0 Å². The molecule has 0 aliphatic rings. The average Bonchev–Trinajstić information content (AvgIpc) is 2.96. The molecule has 108 valence electrons. The van der Waals surface area contributed by atoms with Crippen LogP contribution in [0.15, 0.2) is 48.8 Å². The van der Waals surface area contributed by atoms with Crippen LogP contribution in [0.4, 0.5) is 4.39 Å². The van der Waals surface area contributed by atoms with Gasteiger partial charge < -0.3 is 5.32 Å². The fraction of sp³-hybridized carbons (Fsp3) is 0.235. The Kier molecular flexibility index (Phi) is 3.97. The van der Waals surface area contributed by atoms with E-state index in [0.717, 1.165) is 35.4 Å². The molecule has 4 heteroatoms. The van der Waals surface area contributed by atoms with E-state index in [1.165, 1.54) is 6.07 Å². The Morgan fingerprint density at radius 2 is 2.14 bits per heavy atom. The van der Waals surface area contributed by atoms with Crippen LogP contribution >= 0.6 is 0 Å². The summed E-state index contributed by atoms with van der Waals surface area (Å²) in [4.78, 5) is 4.30. The van der Waals surface area contributed by atoms with Crippen LogP contribution in [0.5, 0.6) is 0 Å². The maximum atomic E-state index is 13.6. The Labute approximate surface area is 123 Å². The lowest BCUT2D eigenvalue weighted by atomic mass is 10.0. The molecule has 0 aliphatic heterocycles. The minimum atomic E-state index is -0.204. The molecule has 0 saturated heterocycles. The van der Waals surface area contributed by atoms with E-state index in [0.29, 0.717) is 6.54 Å². The Morgan fingerprint density at radius 3 is 3.00 bits per heavy atom. The lowest BCUT2D eigenvalue weighted by molar-refractivity contribution is 0.619. The van der Waals surface area contributed by atoms with Crippen molar-refractivity contribution in [2.75, 3.05) is 6.54 Å². The highest BCUT2D eigenvalue weighted by Crippen LogP contribution is 2.25. The van der Waals surface area contributed by atoms with Crippen LogP contribution in [-0.2, 0) is 6.54 Å². The van der Waals surface area contributed by atoms with Crippen molar-refractivity contribution in [2.45, 2.75) is 19.9 Å². The van der Waals surface area contributed by atoms with E-state index in [-0.39, 0.29) is 5.82 Å². The second kappa shape index (κ2) is 6.06. The number of fused-ring (bicyclic) bond motifs is 1. The standard InChI is InChI=1S/C17H18FN3/c1-2-8-19-12-13-11-14(18)6-7-15(13)16-4-3-5-17-20-9-10-21(16)17/h3-7,9-11,19H,2,8,12H2,1H3. The highest BCUT2D eigenvalue weighted by molar-refractivity contribution is 5.67. The summed E-state index contributed by atoms with van der Waals surface area (Å²) in [6.07, 6.45) is 4.76. The third kappa shape index (κ3) is 2.81. The van der Waals surface area contributed by atoms with Crippen molar-refractivity contribution in [3.8, 4) is 11.3 Å². The monoisotopic (exact) mass is 283 g/mol. The van der Waals surface area contributed by atoms with Gasteiger partial charge in [0, 0.05) is 24.5 Å². The number of pyridine rings is 1. The summed E-state index contributed by atoms with van der Waals surface area (Å²) >= 11 is 0. The van der Waals surface area contributed by atoms with Crippen molar-refractivity contribution >= 4 is 5.65 Å². The molecule has 2 heterocycles. The van der Waals surface area contributed by atoms with Gasteiger partial charge in [-0.15, -0.1) is 0 Å². The van der Waals surface area contributed by atoms with Crippen LogP contribution in [0, 0.1) is 5.82 Å². The van der Waals surface area contributed by atoms with E-state index in [1.807, 2.05) is 34.9 Å². The fourth-order valence-corrected chi connectivity index (χ4v) is 2.53. The Bertz CT molecular complexity index is 749. The highest BCUT2D eigenvalue weighted by Gasteiger charge is 2.09. The molecule has 0 spiro atoms. The van der Waals surface area contributed by atoms with Gasteiger partial charge in [0.15, 0.2) is 0 Å². The van der Waals surface area contributed by atoms with E-state index in [4.69, 9.17) is 0 Å². The number of benzene rings is 1. The van der Waals surface area contributed by atoms with Crippen LogP contribution in [0.1, 0.15) is 18.9 Å². The Balaban J connectivity index is 2.06. The molecule has 1 aromatic carbocycles. The minimum Gasteiger partial charge on any atom is -0.313 e. The number of nitrogens with one attached hydrogen (secondary N) is 1. The van der Waals surface area contributed by atoms with Gasteiger partial charge >= 0.3 is 0 Å². The summed E-state index contributed by atoms with van der Waals surface area (Å²) in [6, 6.07) is 10.9. The molecule has 0 aliphatic carbocycles. The van der Waals surface area contributed by atoms with Gasteiger partial charge in [0.1, 0.15) is 11.5 Å².